The van der Waals surface area contributed by atoms with Crippen molar-refractivity contribution in [1.82, 2.24) is 25.1 Å². The van der Waals surface area contributed by atoms with Crippen molar-refractivity contribution >= 4 is 75.0 Å². The van der Waals surface area contributed by atoms with Crippen LogP contribution >= 0.6 is 11.6 Å². The number of imide groups is 1. The van der Waals surface area contributed by atoms with Crippen LogP contribution < -0.4 is 25.3 Å². The average Bonchev–Trinajstić information content (AvgIpc) is 3.47. The van der Waals surface area contributed by atoms with Crippen molar-refractivity contribution in [2.45, 2.75) is 38.1 Å². The number of nitrogens with zero attached hydrogens (tertiary/aromatic N) is 7. The molecule has 0 saturated carbocycles. The van der Waals surface area contributed by atoms with Gasteiger partial charge < -0.3 is 20.0 Å². The molecule has 2 saturated heterocycles. The van der Waals surface area contributed by atoms with Crippen molar-refractivity contribution < 1.29 is 19.2 Å². The van der Waals surface area contributed by atoms with Crippen molar-refractivity contribution in [2.75, 3.05) is 40.2 Å². The van der Waals surface area contributed by atoms with Gasteiger partial charge in [0.2, 0.25) is 29.6 Å². The van der Waals surface area contributed by atoms with Gasteiger partial charge in [0, 0.05) is 49.5 Å². The van der Waals surface area contributed by atoms with Crippen LogP contribution in [0.5, 0.6) is 0 Å². The first-order valence-electron chi connectivity index (χ1n) is 14.6. The maximum absolute atomic E-state index is 13.6. The summed E-state index contributed by atoms with van der Waals surface area (Å²) in [7, 11) is 3.56. The van der Waals surface area contributed by atoms with Crippen LogP contribution in [0.25, 0.3) is 10.9 Å². The van der Waals surface area contributed by atoms with E-state index >= 15 is 0 Å². The van der Waals surface area contributed by atoms with Gasteiger partial charge in [0.05, 0.1) is 35.8 Å². The number of amides is 4. The predicted molar refractivity (Wildman–Crippen MR) is 169 cm³/mol. The molecule has 2 atom stereocenters. The van der Waals surface area contributed by atoms with Crippen molar-refractivity contribution in [3.63, 3.8) is 0 Å². The number of piperazine rings is 1. The van der Waals surface area contributed by atoms with Gasteiger partial charge >= 0.3 is 0 Å². The lowest BCUT2D eigenvalue weighted by molar-refractivity contribution is -0.134. The monoisotopic (exact) mass is 627 g/mol. The van der Waals surface area contributed by atoms with Crippen molar-refractivity contribution in [1.29, 1.82) is 0 Å². The Hall–Kier alpha value is -5.04. The Labute approximate surface area is 263 Å². The Balaban J connectivity index is 1.10. The fourth-order valence-corrected chi connectivity index (χ4v) is 6.56. The number of rotatable bonds is 5. The standard InChI is InChI=1S/C31H30ClN9O4/c1-16-14-40(31-33-13-22(32)29(36-31)34-18-4-8-23-17(10-18)11-26(43)38(23)2)15-27(44)41(16)19-5-6-20-24(12-19)39(3)37-28(20)21-7-9-25(42)35-30(21)45/h4-6,8,10,12-13,16,21H,7,9,11,14-15H2,1-3H3,(H,33,34,36)(H,35,42,45). The van der Waals surface area contributed by atoms with Gasteiger partial charge in [0.1, 0.15) is 11.6 Å². The molecule has 2 unspecified atom stereocenters. The van der Waals surface area contributed by atoms with E-state index < -0.39 is 5.92 Å². The van der Waals surface area contributed by atoms with Gasteiger partial charge in [0.15, 0.2) is 5.82 Å². The molecular weight excluding hydrogens is 598 g/mol. The predicted octanol–water partition coefficient (Wildman–Crippen LogP) is 3.04. The SMILES string of the molecule is CC1CN(c2ncc(Cl)c(Nc3ccc4c(c3)CC(=O)N4C)n2)CC(=O)N1c1ccc2c(C3CCC(=O)NC3=O)nn(C)c2c1. The van der Waals surface area contributed by atoms with Crippen LogP contribution in [-0.4, -0.2) is 69.6 Å². The van der Waals surface area contributed by atoms with Gasteiger partial charge in [-0.05, 0) is 55.3 Å². The Morgan fingerprint density at radius 1 is 1.04 bits per heavy atom. The molecule has 0 radical (unpaired) electrons. The molecule has 13 nitrogen and oxygen atoms in total. The maximum Gasteiger partial charge on any atom is 0.246 e. The Morgan fingerprint density at radius 2 is 1.87 bits per heavy atom. The normalized spacial score (nSPS) is 20.2. The van der Waals surface area contributed by atoms with Gasteiger partial charge in [-0.1, -0.05) is 11.6 Å². The Morgan fingerprint density at radius 3 is 2.64 bits per heavy atom. The number of aryl methyl sites for hydroxylation is 1. The smallest absolute Gasteiger partial charge is 0.246 e. The number of carbonyl (C=O) groups excluding carboxylic acids is 4. The van der Waals surface area contributed by atoms with E-state index in [1.165, 1.54) is 6.20 Å². The van der Waals surface area contributed by atoms with Gasteiger partial charge in [-0.25, -0.2) is 4.98 Å². The minimum Gasteiger partial charge on any atom is -0.339 e. The summed E-state index contributed by atoms with van der Waals surface area (Å²) in [6.07, 6.45) is 2.52. The van der Waals surface area contributed by atoms with E-state index in [2.05, 4.69) is 25.7 Å². The number of nitrogens with one attached hydrogen (secondary N) is 2. The molecule has 7 rings (SSSR count). The van der Waals surface area contributed by atoms with E-state index in [4.69, 9.17) is 11.6 Å². The number of benzene rings is 2. The summed E-state index contributed by atoms with van der Waals surface area (Å²) in [5.74, 6) is -0.430. The molecule has 4 aromatic rings. The van der Waals surface area contributed by atoms with Crippen LogP contribution in [0.15, 0.2) is 42.6 Å². The molecule has 2 aromatic heterocycles. The molecule has 45 heavy (non-hydrogen) atoms. The van der Waals surface area contributed by atoms with Crippen LogP contribution in [-0.2, 0) is 32.6 Å². The number of fused-ring (bicyclic) bond motifs is 2. The summed E-state index contributed by atoms with van der Waals surface area (Å²) in [6, 6.07) is 11.1. The van der Waals surface area contributed by atoms with E-state index in [9.17, 15) is 19.2 Å². The zero-order valence-corrected chi connectivity index (χ0v) is 25.6. The second kappa shape index (κ2) is 10.8. The van der Waals surface area contributed by atoms with Crippen LogP contribution in [0.1, 0.15) is 36.9 Å². The minimum absolute atomic E-state index is 0.0413. The molecule has 5 heterocycles. The number of hydrogen-bond acceptors (Lipinski definition) is 9. The summed E-state index contributed by atoms with van der Waals surface area (Å²) in [6.45, 7) is 2.50. The fourth-order valence-electron chi connectivity index (χ4n) is 6.42. The number of likely N-dealkylation sites (N-methyl/N-ethyl adjacent to an activating group) is 1. The quantitative estimate of drug-likeness (QED) is 0.319. The molecule has 4 amide bonds. The zero-order chi connectivity index (χ0) is 31.6. The molecule has 2 aromatic carbocycles. The van der Waals surface area contributed by atoms with Gasteiger partial charge in [-0.15, -0.1) is 0 Å². The van der Waals surface area contributed by atoms with Crippen LogP contribution in [0.3, 0.4) is 0 Å². The van der Waals surface area contributed by atoms with Crippen molar-refractivity contribution in [3.05, 3.63) is 58.9 Å². The average molecular weight is 628 g/mol. The van der Waals surface area contributed by atoms with Crippen LogP contribution in [0, 0.1) is 0 Å². The number of hydrogen-bond donors (Lipinski definition) is 2. The highest BCUT2D eigenvalue weighted by molar-refractivity contribution is 6.33. The first-order valence-corrected chi connectivity index (χ1v) is 15.0. The van der Waals surface area contributed by atoms with E-state index in [0.29, 0.717) is 41.9 Å². The van der Waals surface area contributed by atoms with E-state index in [1.807, 2.05) is 48.2 Å². The molecule has 230 valence electrons. The second-order valence-electron chi connectivity index (χ2n) is 11.7. The molecule has 3 aliphatic rings. The van der Waals surface area contributed by atoms with E-state index in [0.717, 1.165) is 33.5 Å². The molecule has 14 heteroatoms. The third kappa shape index (κ3) is 5.02. The van der Waals surface area contributed by atoms with Crippen LogP contribution in [0.2, 0.25) is 5.02 Å². The molecule has 3 aliphatic heterocycles. The lowest BCUT2D eigenvalue weighted by Crippen LogP contribution is -2.56. The van der Waals surface area contributed by atoms with Gasteiger partial charge in [-0.2, -0.15) is 10.1 Å². The molecular formula is C31H30ClN9O4. The highest BCUT2D eigenvalue weighted by atomic mass is 35.5. The highest BCUT2D eigenvalue weighted by Crippen LogP contribution is 2.35. The van der Waals surface area contributed by atoms with E-state index in [1.54, 1.807) is 28.6 Å². The fraction of sp³-hybridized carbons (Fsp3) is 0.323. The van der Waals surface area contributed by atoms with Gasteiger partial charge in [0.25, 0.3) is 0 Å². The molecule has 0 aliphatic carbocycles. The highest BCUT2D eigenvalue weighted by Gasteiger charge is 2.35. The van der Waals surface area contributed by atoms with E-state index in [-0.39, 0.29) is 42.6 Å². The van der Waals surface area contributed by atoms with Gasteiger partial charge in [-0.3, -0.25) is 29.2 Å². The minimum atomic E-state index is -0.506. The number of piperidine rings is 1. The first-order chi connectivity index (χ1) is 21.6. The number of aromatic nitrogens is 4. The third-order valence-corrected chi connectivity index (χ3v) is 8.94. The molecule has 2 fully saturated rings. The second-order valence-corrected chi connectivity index (χ2v) is 12.1. The third-order valence-electron chi connectivity index (χ3n) is 8.66. The summed E-state index contributed by atoms with van der Waals surface area (Å²) in [5.41, 5.74) is 4.67. The Kier molecular flexibility index (Phi) is 6.92. The largest absolute Gasteiger partial charge is 0.339 e. The number of carbonyl (C=O) groups is 4. The lowest BCUT2D eigenvalue weighted by atomic mass is 9.92. The molecule has 0 bridgehead atoms. The summed E-state index contributed by atoms with van der Waals surface area (Å²) >= 11 is 6.45. The maximum atomic E-state index is 13.6. The van der Waals surface area contributed by atoms with Crippen molar-refractivity contribution in [3.8, 4) is 0 Å². The zero-order valence-electron chi connectivity index (χ0n) is 24.9. The summed E-state index contributed by atoms with van der Waals surface area (Å²) in [5, 5.41) is 11.4. The lowest BCUT2D eigenvalue weighted by Gasteiger charge is -2.39. The number of halogens is 1. The first kappa shape index (κ1) is 28.7. The van der Waals surface area contributed by atoms with Crippen LogP contribution in [0.4, 0.5) is 28.8 Å². The topological polar surface area (TPSA) is 146 Å². The summed E-state index contributed by atoms with van der Waals surface area (Å²) < 4.78 is 1.70. The molecule has 2 N–H and O–H groups in total. The summed E-state index contributed by atoms with van der Waals surface area (Å²) in [4.78, 5) is 64.1. The van der Waals surface area contributed by atoms with Crippen molar-refractivity contribution in [2.24, 2.45) is 7.05 Å². The molecule has 0 spiro atoms. The number of anilines is 5. The Bertz CT molecular complexity index is 1920.